The Bertz CT molecular complexity index is 656. The first kappa shape index (κ1) is 14.2. The van der Waals surface area contributed by atoms with Crippen LogP contribution in [0.15, 0.2) is 36.4 Å². The van der Waals surface area contributed by atoms with E-state index in [0.717, 1.165) is 5.56 Å². The molecule has 2 aromatic rings. The van der Waals surface area contributed by atoms with Gasteiger partial charge in [0.1, 0.15) is 17.1 Å². The van der Waals surface area contributed by atoms with Crippen molar-refractivity contribution >= 4 is 23.3 Å². The number of carbonyl (C=O) groups excluding carboxylic acids is 1. The molecule has 0 aromatic heterocycles. The molecule has 0 bridgehead atoms. The average molecular weight is 292 g/mol. The highest BCUT2D eigenvalue weighted by Crippen LogP contribution is 2.33. The molecule has 0 radical (unpaired) electrons. The highest BCUT2D eigenvalue weighted by atomic mass is 35.5. The van der Waals surface area contributed by atoms with Gasteiger partial charge in [0.2, 0.25) is 0 Å². The van der Waals surface area contributed by atoms with Gasteiger partial charge in [-0.25, -0.2) is 4.79 Å². The fraction of sp³-hybridized carbons (Fsp3) is 0.133. The van der Waals surface area contributed by atoms with E-state index in [4.69, 9.17) is 26.8 Å². The maximum atomic E-state index is 11.7. The third-order valence-corrected chi connectivity index (χ3v) is 3.03. The summed E-state index contributed by atoms with van der Waals surface area (Å²) in [4.78, 5) is 11.7. The van der Waals surface area contributed by atoms with Crippen LogP contribution in [0.3, 0.4) is 0 Å². The average Bonchev–Trinajstić information content (AvgIpc) is 2.43. The number of nitrogen functional groups attached to an aromatic ring is 1. The monoisotopic (exact) mass is 291 g/mol. The van der Waals surface area contributed by atoms with Gasteiger partial charge in [-0.3, -0.25) is 0 Å². The van der Waals surface area contributed by atoms with Gasteiger partial charge < -0.3 is 15.2 Å². The molecule has 2 rings (SSSR count). The molecule has 104 valence electrons. The van der Waals surface area contributed by atoms with Crippen molar-refractivity contribution in [3.63, 3.8) is 0 Å². The van der Waals surface area contributed by atoms with Crippen LogP contribution in [0.25, 0.3) is 0 Å². The van der Waals surface area contributed by atoms with Gasteiger partial charge in [0.15, 0.2) is 0 Å². The van der Waals surface area contributed by atoms with Crippen LogP contribution in [0.4, 0.5) is 5.69 Å². The summed E-state index contributed by atoms with van der Waals surface area (Å²) in [5.74, 6) is 0.302. The lowest BCUT2D eigenvalue weighted by molar-refractivity contribution is 0.0598. The highest BCUT2D eigenvalue weighted by Gasteiger charge is 2.15. The summed E-state index contributed by atoms with van der Waals surface area (Å²) in [6.07, 6.45) is 0. The molecule has 0 heterocycles. The number of benzene rings is 2. The van der Waals surface area contributed by atoms with Gasteiger partial charge in [0.25, 0.3) is 0 Å². The number of nitrogens with two attached hydrogens (primary N) is 1. The molecule has 2 aromatic carbocycles. The van der Waals surface area contributed by atoms with Crippen LogP contribution < -0.4 is 10.5 Å². The quantitative estimate of drug-likeness (QED) is 0.690. The summed E-state index contributed by atoms with van der Waals surface area (Å²) in [6, 6.07) is 10.2. The maximum Gasteiger partial charge on any atom is 0.341 e. The number of anilines is 1. The van der Waals surface area contributed by atoms with Crippen molar-refractivity contribution in [2.24, 2.45) is 0 Å². The Balaban J connectivity index is 2.43. The van der Waals surface area contributed by atoms with E-state index in [-0.39, 0.29) is 5.56 Å². The van der Waals surface area contributed by atoms with Gasteiger partial charge in [-0.1, -0.05) is 17.7 Å². The molecule has 0 fully saturated rings. The number of hydrogen-bond donors (Lipinski definition) is 1. The van der Waals surface area contributed by atoms with E-state index in [1.165, 1.54) is 13.2 Å². The highest BCUT2D eigenvalue weighted by molar-refractivity contribution is 6.32. The zero-order valence-electron chi connectivity index (χ0n) is 11.1. The fourth-order valence-electron chi connectivity index (χ4n) is 1.71. The van der Waals surface area contributed by atoms with E-state index in [1.54, 1.807) is 24.3 Å². The Morgan fingerprint density at radius 1 is 1.15 bits per heavy atom. The molecule has 0 spiro atoms. The molecular formula is C15H14ClNO3. The van der Waals surface area contributed by atoms with Crippen LogP contribution in [0.1, 0.15) is 15.9 Å². The topological polar surface area (TPSA) is 61.5 Å². The van der Waals surface area contributed by atoms with Gasteiger partial charge in [-0.2, -0.15) is 0 Å². The van der Waals surface area contributed by atoms with Crippen molar-refractivity contribution in [2.75, 3.05) is 12.8 Å². The minimum Gasteiger partial charge on any atom is -0.465 e. The first-order valence-corrected chi connectivity index (χ1v) is 6.31. The van der Waals surface area contributed by atoms with E-state index in [1.807, 2.05) is 13.0 Å². The summed E-state index contributed by atoms with van der Waals surface area (Å²) in [6.45, 7) is 1.92. The summed E-state index contributed by atoms with van der Waals surface area (Å²) >= 11 is 6.08. The second-order valence-electron chi connectivity index (χ2n) is 4.28. The van der Waals surface area contributed by atoms with Crippen LogP contribution in [0.2, 0.25) is 5.02 Å². The van der Waals surface area contributed by atoms with Gasteiger partial charge >= 0.3 is 5.97 Å². The molecule has 5 heteroatoms. The SMILES string of the molecule is COC(=O)c1cc(N)ccc1Oc1cc(C)ccc1Cl. The van der Waals surface area contributed by atoms with Gasteiger partial charge in [0, 0.05) is 5.69 Å². The normalized spacial score (nSPS) is 10.2. The predicted molar refractivity (Wildman–Crippen MR) is 78.5 cm³/mol. The van der Waals surface area contributed by atoms with Crippen LogP contribution >= 0.6 is 11.6 Å². The third-order valence-electron chi connectivity index (χ3n) is 2.72. The molecule has 0 saturated heterocycles. The van der Waals surface area contributed by atoms with Gasteiger partial charge in [0.05, 0.1) is 12.1 Å². The molecule has 20 heavy (non-hydrogen) atoms. The summed E-state index contributed by atoms with van der Waals surface area (Å²) in [5.41, 5.74) is 7.38. The van der Waals surface area contributed by atoms with Crippen molar-refractivity contribution < 1.29 is 14.3 Å². The number of esters is 1. The van der Waals surface area contributed by atoms with Crippen LogP contribution in [0, 0.1) is 6.92 Å². The van der Waals surface area contributed by atoms with Gasteiger partial charge in [-0.15, -0.1) is 0 Å². The lowest BCUT2D eigenvalue weighted by atomic mass is 10.1. The second-order valence-corrected chi connectivity index (χ2v) is 4.69. The number of ether oxygens (including phenoxy) is 2. The molecule has 0 saturated carbocycles. The Morgan fingerprint density at radius 2 is 1.90 bits per heavy atom. The Kier molecular flexibility index (Phi) is 4.15. The largest absolute Gasteiger partial charge is 0.465 e. The lowest BCUT2D eigenvalue weighted by Crippen LogP contribution is -2.05. The zero-order chi connectivity index (χ0) is 14.7. The predicted octanol–water partition coefficient (Wildman–Crippen LogP) is 3.81. The molecule has 0 unspecified atom stereocenters. The van der Waals surface area contributed by atoms with Crippen molar-refractivity contribution in [2.45, 2.75) is 6.92 Å². The van der Waals surface area contributed by atoms with Crippen LogP contribution in [0.5, 0.6) is 11.5 Å². The standard InChI is InChI=1S/C15H14ClNO3/c1-9-3-5-12(16)14(7-9)20-13-6-4-10(17)8-11(13)15(18)19-2/h3-8H,17H2,1-2H3. The van der Waals surface area contributed by atoms with E-state index in [2.05, 4.69) is 0 Å². The number of carbonyl (C=O) groups is 1. The molecule has 4 nitrogen and oxygen atoms in total. The molecule has 0 aliphatic heterocycles. The molecule has 0 aliphatic rings. The van der Waals surface area contributed by atoms with E-state index >= 15 is 0 Å². The molecule has 0 atom stereocenters. The lowest BCUT2D eigenvalue weighted by Gasteiger charge is -2.12. The van der Waals surface area contributed by atoms with Crippen molar-refractivity contribution in [1.29, 1.82) is 0 Å². The molecule has 2 N–H and O–H groups in total. The van der Waals surface area contributed by atoms with Crippen molar-refractivity contribution in [3.05, 3.63) is 52.5 Å². The molecule has 0 amide bonds. The van der Waals surface area contributed by atoms with E-state index < -0.39 is 5.97 Å². The summed E-state index contributed by atoms with van der Waals surface area (Å²) < 4.78 is 10.4. The van der Waals surface area contributed by atoms with E-state index in [0.29, 0.717) is 22.2 Å². The maximum absolute atomic E-state index is 11.7. The summed E-state index contributed by atoms with van der Waals surface area (Å²) in [7, 11) is 1.30. The number of halogens is 1. The zero-order valence-corrected chi connectivity index (χ0v) is 11.9. The number of methoxy groups -OCH3 is 1. The van der Waals surface area contributed by atoms with Crippen LogP contribution in [-0.2, 0) is 4.74 Å². The first-order chi connectivity index (χ1) is 9.51. The number of aryl methyl sites for hydroxylation is 1. The Morgan fingerprint density at radius 3 is 2.60 bits per heavy atom. The smallest absolute Gasteiger partial charge is 0.341 e. The minimum absolute atomic E-state index is 0.255. The Hall–Kier alpha value is -2.20. The third kappa shape index (κ3) is 3.03. The minimum atomic E-state index is -0.518. The van der Waals surface area contributed by atoms with E-state index in [9.17, 15) is 4.79 Å². The van der Waals surface area contributed by atoms with Crippen LogP contribution in [-0.4, -0.2) is 13.1 Å². The number of hydrogen-bond acceptors (Lipinski definition) is 4. The van der Waals surface area contributed by atoms with Gasteiger partial charge in [-0.05, 0) is 42.8 Å². The van der Waals surface area contributed by atoms with Crippen molar-refractivity contribution in [3.8, 4) is 11.5 Å². The second kappa shape index (κ2) is 5.84. The Labute approximate surface area is 122 Å². The summed E-state index contributed by atoms with van der Waals surface area (Å²) in [5, 5.41) is 0.461. The molecular weight excluding hydrogens is 278 g/mol. The van der Waals surface area contributed by atoms with Crippen molar-refractivity contribution in [1.82, 2.24) is 0 Å². The first-order valence-electron chi connectivity index (χ1n) is 5.93. The molecule has 0 aliphatic carbocycles. The number of rotatable bonds is 3. The fourth-order valence-corrected chi connectivity index (χ4v) is 1.87.